The maximum absolute atomic E-state index is 5.34. The Morgan fingerprint density at radius 1 is 1.86 bits per heavy atom. The molecular formula is C4H6Cl2O. The monoisotopic (exact) mass is 140 g/mol. The molecule has 1 atom stereocenters. The number of hydrogen-bond acceptors (Lipinski definition) is 1. The Labute approximate surface area is 52.9 Å². The second-order valence-electron chi connectivity index (χ2n) is 0.867. The fraction of sp³-hybridized carbons (Fsp3) is 0.500. The smallest absolute Gasteiger partial charge is 0.184 e. The molecule has 0 bridgehead atoms. The molecule has 0 aromatic rings. The van der Waals surface area contributed by atoms with Crippen molar-refractivity contribution in [2.24, 2.45) is 0 Å². The van der Waals surface area contributed by atoms with Gasteiger partial charge in [0.15, 0.2) is 5.56 Å². The summed E-state index contributed by atoms with van der Waals surface area (Å²) in [6, 6.07) is 0. The van der Waals surface area contributed by atoms with Gasteiger partial charge in [0, 0.05) is 0 Å². The molecule has 0 aliphatic carbocycles. The van der Waals surface area contributed by atoms with Crippen LogP contribution in [0.15, 0.2) is 12.8 Å². The summed E-state index contributed by atoms with van der Waals surface area (Å²) in [5.41, 5.74) is -0.431. The van der Waals surface area contributed by atoms with E-state index < -0.39 is 5.56 Å². The Morgan fingerprint density at radius 2 is 2.43 bits per heavy atom. The van der Waals surface area contributed by atoms with Crippen LogP contribution in [0, 0.1) is 0 Å². The van der Waals surface area contributed by atoms with Gasteiger partial charge >= 0.3 is 0 Å². The predicted octanol–water partition coefficient (Wildman–Crippen LogP) is 1.95. The highest BCUT2D eigenvalue weighted by molar-refractivity contribution is 6.27. The third-order valence-electron chi connectivity index (χ3n) is 0.365. The summed E-state index contributed by atoms with van der Waals surface area (Å²) in [5.74, 6) is 0.285. The molecule has 1 unspecified atom stereocenters. The van der Waals surface area contributed by atoms with Crippen LogP contribution in [0.4, 0.5) is 0 Å². The number of hydrogen-bond donors (Lipinski definition) is 0. The van der Waals surface area contributed by atoms with Crippen molar-refractivity contribution in [1.82, 2.24) is 0 Å². The van der Waals surface area contributed by atoms with E-state index in [9.17, 15) is 0 Å². The molecule has 0 aliphatic heterocycles. The molecule has 0 spiro atoms. The first-order valence-corrected chi connectivity index (χ1v) is 2.74. The minimum atomic E-state index is -0.431. The Hall–Kier alpha value is 0.120. The van der Waals surface area contributed by atoms with Crippen LogP contribution in [0.1, 0.15) is 0 Å². The second kappa shape index (κ2) is 4.28. The molecule has 0 amide bonds. The molecule has 0 radical (unpaired) electrons. The molecule has 0 N–H and O–H groups in total. The van der Waals surface area contributed by atoms with Gasteiger partial charge in [-0.1, -0.05) is 18.2 Å². The van der Waals surface area contributed by atoms with Gasteiger partial charge in [-0.2, -0.15) is 0 Å². The number of alkyl halides is 2. The van der Waals surface area contributed by atoms with Gasteiger partial charge < -0.3 is 4.74 Å². The Bertz CT molecular complexity index is 55.7. The average molecular weight is 141 g/mol. The first-order valence-electron chi connectivity index (χ1n) is 1.77. The van der Waals surface area contributed by atoms with Crippen LogP contribution in [-0.2, 0) is 4.74 Å². The molecule has 1 nitrogen and oxygen atoms in total. The van der Waals surface area contributed by atoms with E-state index in [2.05, 4.69) is 11.3 Å². The third kappa shape index (κ3) is 3.96. The Kier molecular flexibility index (Phi) is 4.36. The highest BCUT2D eigenvalue weighted by Crippen LogP contribution is 1.99. The summed E-state index contributed by atoms with van der Waals surface area (Å²) in [7, 11) is 0. The minimum absolute atomic E-state index is 0.285. The number of ether oxygens (including phenoxy) is 1. The molecule has 3 heteroatoms. The van der Waals surface area contributed by atoms with Crippen LogP contribution in [0.5, 0.6) is 0 Å². The summed E-state index contributed by atoms with van der Waals surface area (Å²) in [5, 5.41) is 0. The summed E-state index contributed by atoms with van der Waals surface area (Å²) in [6.45, 7) is 3.28. The topological polar surface area (TPSA) is 9.23 Å². The molecule has 0 aromatic heterocycles. The van der Waals surface area contributed by atoms with E-state index in [0.717, 1.165) is 0 Å². The van der Waals surface area contributed by atoms with Crippen molar-refractivity contribution in [3.8, 4) is 0 Å². The van der Waals surface area contributed by atoms with Crippen LogP contribution in [0.25, 0.3) is 0 Å². The van der Waals surface area contributed by atoms with Crippen LogP contribution in [-0.4, -0.2) is 11.4 Å². The van der Waals surface area contributed by atoms with E-state index >= 15 is 0 Å². The highest BCUT2D eigenvalue weighted by atomic mass is 35.5. The summed E-state index contributed by atoms with van der Waals surface area (Å²) >= 11 is 10.6. The number of rotatable bonds is 3. The van der Waals surface area contributed by atoms with Gasteiger partial charge in [0.1, 0.15) is 0 Å². The molecule has 0 rings (SSSR count). The fourth-order valence-corrected chi connectivity index (χ4v) is 0.286. The van der Waals surface area contributed by atoms with Crippen molar-refractivity contribution in [3.63, 3.8) is 0 Å². The van der Waals surface area contributed by atoms with E-state index in [-0.39, 0.29) is 5.88 Å². The van der Waals surface area contributed by atoms with Crippen molar-refractivity contribution < 1.29 is 4.74 Å². The molecule has 42 valence electrons. The highest BCUT2D eigenvalue weighted by Gasteiger charge is 1.95. The maximum atomic E-state index is 5.34. The zero-order chi connectivity index (χ0) is 5.70. The fourth-order valence-electron chi connectivity index (χ4n) is 0.141. The molecule has 0 saturated carbocycles. The van der Waals surface area contributed by atoms with Crippen LogP contribution in [0.3, 0.4) is 0 Å². The van der Waals surface area contributed by atoms with E-state index in [1.807, 2.05) is 0 Å². The molecule has 0 heterocycles. The lowest BCUT2D eigenvalue weighted by Gasteiger charge is -2.00. The minimum Gasteiger partial charge on any atom is -0.482 e. The molecular weight excluding hydrogens is 135 g/mol. The van der Waals surface area contributed by atoms with E-state index in [0.29, 0.717) is 0 Å². The van der Waals surface area contributed by atoms with Gasteiger partial charge in [-0.25, -0.2) is 0 Å². The predicted molar refractivity (Wildman–Crippen MR) is 31.6 cm³/mol. The maximum Gasteiger partial charge on any atom is 0.184 e. The van der Waals surface area contributed by atoms with Crippen molar-refractivity contribution in [3.05, 3.63) is 12.8 Å². The second-order valence-corrected chi connectivity index (χ2v) is 1.66. The SMILES string of the molecule is C=COC(Cl)CCl. The van der Waals surface area contributed by atoms with Gasteiger partial charge in [-0.3, -0.25) is 0 Å². The molecule has 0 saturated heterocycles. The molecule has 0 aliphatic rings. The standard InChI is InChI=1S/C4H6Cl2O/c1-2-7-4(6)3-5/h2,4H,1,3H2. The van der Waals surface area contributed by atoms with E-state index in [4.69, 9.17) is 23.2 Å². The zero-order valence-electron chi connectivity index (χ0n) is 3.73. The van der Waals surface area contributed by atoms with E-state index in [1.54, 1.807) is 0 Å². The Morgan fingerprint density at radius 3 is 2.57 bits per heavy atom. The van der Waals surface area contributed by atoms with Crippen molar-refractivity contribution in [1.29, 1.82) is 0 Å². The normalized spacial score (nSPS) is 12.9. The van der Waals surface area contributed by atoms with Crippen molar-refractivity contribution >= 4 is 23.2 Å². The summed E-state index contributed by atoms with van der Waals surface area (Å²) < 4.78 is 4.59. The quantitative estimate of drug-likeness (QED) is 0.431. The van der Waals surface area contributed by atoms with Gasteiger partial charge in [-0.05, 0) is 0 Å². The van der Waals surface area contributed by atoms with Gasteiger partial charge in [0.2, 0.25) is 0 Å². The van der Waals surface area contributed by atoms with Gasteiger partial charge in [-0.15, -0.1) is 11.6 Å². The Balaban J connectivity index is 2.98. The first kappa shape index (κ1) is 7.12. The number of halogens is 2. The zero-order valence-corrected chi connectivity index (χ0v) is 5.24. The molecule has 0 aromatic carbocycles. The lowest BCUT2D eigenvalue weighted by atomic mass is 10.8. The third-order valence-corrected chi connectivity index (χ3v) is 1.06. The lowest BCUT2D eigenvalue weighted by Crippen LogP contribution is -1.99. The van der Waals surface area contributed by atoms with Crippen molar-refractivity contribution in [2.45, 2.75) is 5.56 Å². The van der Waals surface area contributed by atoms with E-state index in [1.165, 1.54) is 6.26 Å². The molecule has 0 fully saturated rings. The van der Waals surface area contributed by atoms with Crippen molar-refractivity contribution in [2.75, 3.05) is 5.88 Å². The van der Waals surface area contributed by atoms with Gasteiger partial charge in [0.05, 0.1) is 12.1 Å². The lowest BCUT2D eigenvalue weighted by molar-refractivity contribution is 0.236. The van der Waals surface area contributed by atoms with Crippen LogP contribution in [0.2, 0.25) is 0 Å². The van der Waals surface area contributed by atoms with Crippen LogP contribution < -0.4 is 0 Å². The summed E-state index contributed by atoms with van der Waals surface area (Å²) in [4.78, 5) is 0. The largest absolute Gasteiger partial charge is 0.482 e. The summed E-state index contributed by atoms with van der Waals surface area (Å²) in [6.07, 6.45) is 1.26. The molecule has 7 heavy (non-hydrogen) atoms. The van der Waals surface area contributed by atoms with Gasteiger partial charge in [0.25, 0.3) is 0 Å². The first-order chi connectivity index (χ1) is 3.31. The van der Waals surface area contributed by atoms with Crippen LogP contribution >= 0.6 is 23.2 Å². The average Bonchev–Trinajstić information content (AvgIpc) is 1.68.